The summed E-state index contributed by atoms with van der Waals surface area (Å²) in [5, 5.41) is 2.73. The number of nitrogens with one attached hydrogen (secondary N) is 1. The first-order chi connectivity index (χ1) is 14.3. The standard InChI is InChI=1S/C21H32N4O5/c1-5-6-7-8-15(30-21(27)19(22)13(2)3)9-17(26)23-10-18-25-16(12-28-18)20-24-14(4)11-29-20/h7-8,12-15,19H,5-6,9-11,22H2,1-4H3,(H,23,26)/b8-7+/t14-,15?,19?/m0/s1. The van der Waals surface area contributed by atoms with Crippen LogP contribution in [0.1, 0.15) is 58.5 Å². The third-order valence-electron chi connectivity index (χ3n) is 4.46. The highest BCUT2D eigenvalue weighted by Gasteiger charge is 2.24. The molecule has 0 aliphatic carbocycles. The van der Waals surface area contributed by atoms with E-state index in [1.165, 1.54) is 6.26 Å². The molecule has 1 amide bonds. The number of aliphatic imine (C=N–C) groups is 1. The fourth-order valence-corrected chi connectivity index (χ4v) is 2.60. The molecule has 0 fully saturated rings. The van der Waals surface area contributed by atoms with Crippen molar-refractivity contribution in [1.29, 1.82) is 0 Å². The van der Waals surface area contributed by atoms with Gasteiger partial charge in [0.1, 0.15) is 25.0 Å². The number of ether oxygens (including phenoxy) is 2. The second kappa shape index (κ2) is 11.5. The van der Waals surface area contributed by atoms with Gasteiger partial charge in [-0.3, -0.25) is 9.59 Å². The zero-order chi connectivity index (χ0) is 22.1. The minimum Gasteiger partial charge on any atom is -0.474 e. The summed E-state index contributed by atoms with van der Waals surface area (Å²) >= 11 is 0. The van der Waals surface area contributed by atoms with Gasteiger partial charge in [0.2, 0.25) is 17.7 Å². The van der Waals surface area contributed by atoms with Gasteiger partial charge in [-0.05, 0) is 25.3 Å². The van der Waals surface area contributed by atoms with Crippen LogP contribution in [-0.2, 0) is 25.6 Å². The molecule has 3 atom stereocenters. The molecule has 1 aliphatic heterocycles. The van der Waals surface area contributed by atoms with Crippen molar-refractivity contribution in [3.8, 4) is 0 Å². The van der Waals surface area contributed by atoms with Gasteiger partial charge >= 0.3 is 5.97 Å². The van der Waals surface area contributed by atoms with Crippen LogP contribution in [0.3, 0.4) is 0 Å². The van der Waals surface area contributed by atoms with Crippen LogP contribution in [0.15, 0.2) is 27.8 Å². The first-order valence-corrected chi connectivity index (χ1v) is 10.3. The molecule has 2 unspecified atom stereocenters. The zero-order valence-corrected chi connectivity index (χ0v) is 18.1. The molecule has 0 saturated heterocycles. The molecule has 0 bridgehead atoms. The van der Waals surface area contributed by atoms with Crippen LogP contribution in [0.2, 0.25) is 0 Å². The van der Waals surface area contributed by atoms with Gasteiger partial charge in [-0.15, -0.1) is 0 Å². The summed E-state index contributed by atoms with van der Waals surface area (Å²) in [6, 6.07) is -0.645. The van der Waals surface area contributed by atoms with Crippen LogP contribution in [0.4, 0.5) is 0 Å². The van der Waals surface area contributed by atoms with E-state index in [1.807, 2.05) is 33.8 Å². The second-order valence-corrected chi connectivity index (χ2v) is 7.66. The van der Waals surface area contributed by atoms with Crippen molar-refractivity contribution in [1.82, 2.24) is 10.3 Å². The average Bonchev–Trinajstić information content (AvgIpc) is 3.34. The van der Waals surface area contributed by atoms with Crippen LogP contribution >= 0.6 is 0 Å². The maximum Gasteiger partial charge on any atom is 0.323 e. The summed E-state index contributed by atoms with van der Waals surface area (Å²) in [4.78, 5) is 33.1. The van der Waals surface area contributed by atoms with Crippen LogP contribution in [-0.4, -0.2) is 47.6 Å². The van der Waals surface area contributed by atoms with E-state index >= 15 is 0 Å². The highest BCUT2D eigenvalue weighted by molar-refractivity contribution is 5.92. The maximum absolute atomic E-state index is 12.4. The SMILES string of the molecule is CCC/C=C/C(CC(=O)NCc1nc(C2=N[C@@H](C)CO2)co1)OC(=O)C(N)C(C)C. The van der Waals surface area contributed by atoms with E-state index in [1.54, 1.807) is 6.08 Å². The lowest BCUT2D eigenvalue weighted by Gasteiger charge is -2.19. The molecule has 9 nitrogen and oxygen atoms in total. The summed E-state index contributed by atoms with van der Waals surface area (Å²) in [6.45, 7) is 8.29. The third-order valence-corrected chi connectivity index (χ3v) is 4.46. The number of nitrogens with two attached hydrogens (primary N) is 1. The van der Waals surface area contributed by atoms with Gasteiger partial charge in [-0.25, -0.2) is 9.98 Å². The summed E-state index contributed by atoms with van der Waals surface area (Å²) < 4.78 is 16.2. The quantitative estimate of drug-likeness (QED) is 0.414. The van der Waals surface area contributed by atoms with Crippen molar-refractivity contribution in [3.63, 3.8) is 0 Å². The Morgan fingerprint density at radius 3 is 2.83 bits per heavy atom. The molecule has 1 aromatic heterocycles. The Morgan fingerprint density at radius 1 is 1.43 bits per heavy atom. The van der Waals surface area contributed by atoms with E-state index in [0.717, 1.165) is 12.8 Å². The molecule has 9 heteroatoms. The Balaban J connectivity index is 1.89. The predicted octanol–water partition coefficient (Wildman–Crippen LogP) is 2.10. The summed E-state index contributed by atoms with van der Waals surface area (Å²) in [5.74, 6) is -0.0931. The number of amides is 1. The number of hydrogen-bond donors (Lipinski definition) is 2. The van der Waals surface area contributed by atoms with Gasteiger partial charge in [-0.2, -0.15) is 0 Å². The number of nitrogens with zero attached hydrogens (tertiary/aromatic N) is 2. The normalized spacial score (nSPS) is 18.2. The minimum atomic E-state index is -0.732. The molecule has 0 radical (unpaired) electrons. The zero-order valence-electron chi connectivity index (χ0n) is 18.1. The van der Waals surface area contributed by atoms with Gasteiger partial charge in [0, 0.05) is 0 Å². The highest BCUT2D eigenvalue weighted by Crippen LogP contribution is 2.12. The Morgan fingerprint density at radius 2 is 2.20 bits per heavy atom. The molecular weight excluding hydrogens is 388 g/mol. The number of oxazole rings is 1. The molecular formula is C21H32N4O5. The van der Waals surface area contributed by atoms with E-state index in [9.17, 15) is 9.59 Å². The number of carbonyl (C=O) groups is 2. The fourth-order valence-electron chi connectivity index (χ4n) is 2.60. The summed E-state index contributed by atoms with van der Waals surface area (Å²) in [7, 11) is 0. The lowest BCUT2D eigenvalue weighted by Crippen LogP contribution is -2.39. The molecule has 2 rings (SSSR count). The first-order valence-electron chi connectivity index (χ1n) is 10.3. The van der Waals surface area contributed by atoms with Gasteiger partial charge in [0.15, 0.2) is 5.69 Å². The lowest BCUT2D eigenvalue weighted by molar-refractivity contribution is -0.150. The molecule has 1 aromatic rings. The van der Waals surface area contributed by atoms with Crippen LogP contribution in [0.5, 0.6) is 0 Å². The van der Waals surface area contributed by atoms with Gasteiger partial charge in [-0.1, -0.05) is 33.3 Å². The number of aromatic nitrogens is 1. The van der Waals surface area contributed by atoms with Crippen molar-refractivity contribution < 1.29 is 23.5 Å². The van der Waals surface area contributed by atoms with Crippen molar-refractivity contribution in [2.45, 2.75) is 71.7 Å². The van der Waals surface area contributed by atoms with Crippen LogP contribution < -0.4 is 11.1 Å². The topological polar surface area (TPSA) is 129 Å². The molecule has 2 heterocycles. The molecule has 3 N–H and O–H groups in total. The van der Waals surface area contributed by atoms with Gasteiger partial charge in [0.05, 0.1) is 19.0 Å². The Kier molecular flexibility index (Phi) is 9.04. The van der Waals surface area contributed by atoms with E-state index < -0.39 is 18.1 Å². The number of carbonyl (C=O) groups excluding carboxylic acids is 2. The third kappa shape index (κ3) is 7.29. The van der Waals surface area contributed by atoms with Crippen molar-refractivity contribution >= 4 is 17.8 Å². The van der Waals surface area contributed by atoms with E-state index in [-0.39, 0.29) is 30.8 Å². The Hall–Kier alpha value is -2.68. The minimum absolute atomic E-state index is 0.0162. The van der Waals surface area contributed by atoms with E-state index in [0.29, 0.717) is 24.1 Å². The second-order valence-electron chi connectivity index (χ2n) is 7.66. The molecule has 1 aliphatic rings. The average molecular weight is 421 g/mol. The van der Waals surface area contributed by atoms with Crippen molar-refractivity contribution in [2.24, 2.45) is 16.6 Å². The Labute approximate surface area is 177 Å². The molecule has 30 heavy (non-hydrogen) atoms. The van der Waals surface area contributed by atoms with Crippen molar-refractivity contribution in [2.75, 3.05) is 6.61 Å². The van der Waals surface area contributed by atoms with Crippen LogP contribution in [0.25, 0.3) is 0 Å². The largest absolute Gasteiger partial charge is 0.474 e. The summed E-state index contributed by atoms with van der Waals surface area (Å²) in [5.41, 5.74) is 6.35. The molecule has 166 valence electrons. The number of esters is 1. The molecule has 0 spiro atoms. The Bertz CT molecular complexity index is 771. The highest BCUT2D eigenvalue weighted by atomic mass is 16.5. The summed E-state index contributed by atoms with van der Waals surface area (Å²) in [6.07, 6.45) is 6.16. The maximum atomic E-state index is 12.4. The first kappa shape index (κ1) is 23.6. The van der Waals surface area contributed by atoms with Crippen LogP contribution in [0, 0.1) is 5.92 Å². The van der Waals surface area contributed by atoms with E-state index in [4.69, 9.17) is 19.6 Å². The number of unbranched alkanes of at least 4 members (excludes halogenated alkanes) is 1. The number of hydrogen-bond acceptors (Lipinski definition) is 8. The lowest BCUT2D eigenvalue weighted by atomic mass is 10.1. The number of allylic oxidation sites excluding steroid dienone is 1. The monoisotopic (exact) mass is 420 g/mol. The van der Waals surface area contributed by atoms with E-state index in [2.05, 4.69) is 15.3 Å². The van der Waals surface area contributed by atoms with Gasteiger partial charge < -0.3 is 24.9 Å². The predicted molar refractivity (Wildman–Crippen MR) is 112 cm³/mol. The number of rotatable bonds is 11. The fraction of sp³-hybridized carbons (Fsp3) is 0.619. The molecule has 0 saturated carbocycles. The van der Waals surface area contributed by atoms with Gasteiger partial charge in [0.25, 0.3) is 0 Å². The van der Waals surface area contributed by atoms with Crippen molar-refractivity contribution in [3.05, 3.63) is 30.0 Å². The molecule has 0 aromatic carbocycles. The smallest absolute Gasteiger partial charge is 0.323 e.